The molecule has 0 aliphatic heterocycles. The van der Waals surface area contributed by atoms with E-state index in [9.17, 15) is 9.59 Å². The summed E-state index contributed by atoms with van der Waals surface area (Å²) >= 11 is 5.82. The molecule has 3 rings (SSSR count). The molecule has 1 aromatic heterocycles. The number of ketones is 1. The van der Waals surface area contributed by atoms with Gasteiger partial charge in [-0.05, 0) is 56.3 Å². The van der Waals surface area contributed by atoms with Crippen LogP contribution in [0.5, 0.6) is 5.75 Å². The van der Waals surface area contributed by atoms with E-state index in [4.69, 9.17) is 25.5 Å². The average Bonchev–Trinajstić information content (AvgIpc) is 2.95. The molecular weight excluding hydrogens is 356 g/mol. The van der Waals surface area contributed by atoms with Crippen LogP contribution in [-0.4, -0.2) is 25.0 Å². The van der Waals surface area contributed by atoms with Gasteiger partial charge in [-0.3, -0.25) is 4.79 Å². The highest BCUT2D eigenvalue weighted by Crippen LogP contribution is 2.29. The molecule has 0 saturated heterocycles. The van der Waals surface area contributed by atoms with Crippen molar-refractivity contribution in [3.05, 3.63) is 64.4 Å². The fourth-order valence-corrected chi connectivity index (χ4v) is 2.74. The summed E-state index contributed by atoms with van der Waals surface area (Å²) in [6.07, 6.45) is 0. The summed E-state index contributed by atoms with van der Waals surface area (Å²) in [5.41, 5.74) is 1.44. The third kappa shape index (κ3) is 3.73. The molecule has 134 valence electrons. The summed E-state index contributed by atoms with van der Waals surface area (Å²) in [5.74, 6) is 0.327. The zero-order valence-corrected chi connectivity index (χ0v) is 15.1. The van der Waals surface area contributed by atoms with Crippen LogP contribution in [0, 0.1) is 6.92 Å². The van der Waals surface area contributed by atoms with Gasteiger partial charge in [0.2, 0.25) is 0 Å². The zero-order valence-electron chi connectivity index (χ0n) is 14.4. The molecule has 2 aromatic carbocycles. The van der Waals surface area contributed by atoms with E-state index in [0.29, 0.717) is 38.6 Å². The third-order valence-corrected chi connectivity index (χ3v) is 4.10. The van der Waals surface area contributed by atoms with Gasteiger partial charge >= 0.3 is 5.97 Å². The number of furan rings is 1. The van der Waals surface area contributed by atoms with Gasteiger partial charge in [-0.1, -0.05) is 11.6 Å². The number of benzene rings is 2. The maximum atomic E-state index is 12.2. The number of halogens is 1. The Labute approximate surface area is 155 Å². The molecule has 6 heteroatoms. The Hall–Kier alpha value is -2.79. The number of hydrogen-bond donors (Lipinski definition) is 0. The first kappa shape index (κ1) is 18.0. The molecule has 0 radical (unpaired) electrons. The van der Waals surface area contributed by atoms with Crippen LogP contribution in [-0.2, 0) is 4.74 Å². The number of aryl methyl sites for hydroxylation is 1. The van der Waals surface area contributed by atoms with Gasteiger partial charge in [0.15, 0.2) is 12.4 Å². The molecule has 1 heterocycles. The van der Waals surface area contributed by atoms with Crippen molar-refractivity contribution < 1.29 is 23.5 Å². The lowest BCUT2D eigenvalue weighted by molar-refractivity contribution is 0.0526. The van der Waals surface area contributed by atoms with Gasteiger partial charge in [-0.2, -0.15) is 0 Å². The highest BCUT2D eigenvalue weighted by atomic mass is 35.5. The Bertz CT molecular complexity index is 956. The molecule has 0 amide bonds. The number of esters is 1. The number of ether oxygens (including phenoxy) is 2. The maximum absolute atomic E-state index is 12.2. The van der Waals surface area contributed by atoms with Crippen LogP contribution in [0.25, 0.3) is 11.0 Å². The normalized spacial score (nSPS) is 10.7. The highest BCUT2D eigenvalue weighted by Gasteiger charge is 2.20. The Balaban J connectivity index is 1.80. The van der Waals surface area contributed by atoms with E-state index in [1.807, 2.05) is 0 Å². The van der Waals surface area contributed by atoms with Gasteiger partial charge in [0.25, 0.3) is 0 Å². The van der Waals surface area contributed by atoms with E-state index < -0.39 is 5.97 Å². The largest absolute Gasteiger partial charge is 0.485 e. The third-order valence-electron chi connectivity index (χ3n) is 3.85. The van der Waals surface area contributed by atoms with Crippen LogP contribution in [0.1, 0.15) is 33.4 Å². The number of Topliss-reactive ketones (excluding diaryl/α,β-unsaturated/α-hetero) is 1. The summed E-state index contributed by atoms with van der Waals surface area (Å²) in [4.78, 5) is 24.3. The topological polar surface area (TPSA) is 65.7 Å². The highest BCUT2D eigenvalue weighted by molar-refractivity contribution is 6.30. The Morgan fingerprint density at radius 2 is 1.85 bits per heavy atom. The molecular formula is C20H17ClO5. The molecule has 0 unspecified atom stereocenters. The second-order valence-electron chi connectivity index (χ2n) is 5.63. The Kier molecular flexibility index (Phi) is 5.28. The molecule has 0 spiro atoms. The number of rotatable bonds is 6. The van der Waals surface area contributed by atoms with Crippen molar-refractivity contribution in [1.29, 1.82) is 0 Å². The molecule has 0 saturated carbocycles. The van der Waals surface area contributed by atoms with Crippen LogP contribution in [0.15, 0.2) is 46.9 Å². The lowest BCUT2D eigenvalue weighted by Crippen LogP contribution is -2.11. The molecule has 3 aromatic rings. The van der Waals surface area contributed by atoms with Crippen molar-refractivity contribution in [2.45, 2.75) is 13.8 Å². The minimum atomic E-state index is -0.446. The van der Waals surface area contributed by atoms with Crippen LogP contribution in [0.4, 0.5) is 0 Å². The summed E-state index contributed by atoms with van der Waals surface area (Å²) in [5, 5.41) is 1.16. The van der Waals surface area contributed by atoms with Crippen molar-refractivity contribution in [3.8, 4) is 5.75 Å². The van der Waals surface area contributed by atoms with E-state index in [-0.39, 0.29) is 19.0 Å². The van der Waals surface area contributed by atoms with Crippen molar-refractivity contribution in [3.63, 3.8) is 0 Å². The molecule has 0 fully saturated rings. The first-order chi connectivity index (χ1) is 12.5. The summed E-state index contributed by atoms with van der Waals surface area (Å²) < 4.78 is 16.3. The predicted octanol–water partition coefficient (Wildman–Crippen LogP) is 4.83. The predicted molar refractivity (Wildman–Crippen MR) is 98.2 cm³/mol. The summed E-state index contributed by atoms with van der Waals surface area (Å²) in [6.45, 7) is 3.60. The van der Waals surface area contributed by atoms with Gasteiger partial charge in [0.05, 0.1) is 6.61 Å². The van der Waals surface area contributed by atoms with Gasteiger partial charge in [0.1, 0.15) is 22.7 Å². The van der Waals surface area contributed by atoms with E-state index in [2.05, 4.69) is 0 Å². The Morgan fingerprint density at radius 3 is 2.54 bits per heavy atom. The van der Waals surface area contributed by atoms with E-state index in [0.717, 1.165) is 0 Å². The number of carbonyl (C=O) groups excluding carboxylic acids is 2. The van der Waals surface area contributed by atoms with E-state index >= 15 is 0 Å². The van der Waals surface area contributed by atoms with Crippen molar-refractivity contribution in [2.75, 3.05) is 13.2 Å². The van der Waals surface area contributed by atoms with Crippen LogP contribution >= 0.6 is 11.6 Å². The van der Waals surface area contributed by atoms with Crippen molar-refractivity contribution in [2.24, 2.45) is 0 Å². The Morgan fingerprint density at radius 1 is 1.12 bits per heavy atom. The van der Waals surface area contributed by atoms with E-state index in [1.54, 1.807) is 56.3 Å². The zero-order chi connectivity index (χ0) is 18.7. The van der Waals surface area contributed by atoms with Gasteiger partial charge in [-0.25, -0.2) is 4.79 Å². The first-order valence-electron chi connectivity index (χ1n) is 8.11. The van der Waals surface area contributed by atoms with E-state index in [1.165, 1.54) is 0 Å². The second kappa shape index (κ2) is 7.62. The summed E-state index contributed by atoms with van der Waals surface area (Å²) in [7, 11) is 0. The monoisotopic (exact) mass is 372 g/mol. The average molecular weight is 373 g/mol. The van der Waals surface area contributed by atoms with Crippen LogP contribution < -0.4 is 4.74 Å². The quantitative estimate of drug-likeness (QED) is 0.458. The SMILES string of the molecule is CCOC(=O)c1c(C)oc2ccc(OCC(=O)c3ccc(Cl)cc3)cc12. The molecule has 0 atom stereocenters. The fraction of sp³-hybridized carbons (Fsp3) is 0.200. The molecule has 0 bridgehead atoms. The lowest BCUT2D eigenvalue weighted by atomic mass is 10.1. The fourth-order valence-electron chi connectivity index (χ4n) is 2.61. The number of hydrogen-bond acceptors (Lipinski definition) is 5. The minimum absolute atomic E-state index is 0.126. The number of fused-ring (bicyclic) bond motifs is 1. The first-order valence-corrected chi connectivity index (χ1v) is 8.49. The minimum Gasteiger partial charge on any atom is -0.485 e. The molecule has 0 aliphatic carbocycles. The smallest absolute Gasteiger partial charge is 0.342 e. The number of carbonyl (C=O) groups is 2. The summed E-state index contributed by atoms with van der Waals surface area (Å²) in [6, 6.07) is 11.7. The standard InChI is InChI=1S/C20H17ClO5/c1-3-24-20(23)19-12(2)26-18-9-8-15(10-16(18)19)25-11-17(22)13-4-6-14(21)7-5-13/h4-10H,3,11H2,1-2H3. The van der Waals surface area contributed by atoms with Crippen molar-refractivity contribution in [1.82, 2.24) is 0 Å². The van der Waals surface area contributed by atoms with Crippen molar-refractivity contribution >= 4 is 34.3 Å². The van der Waals surface area contributed by atoms with Crippen LogP contribution in [0.2, 0.25) is 5.02 Å². The maximum Gasteiger partial charge on any atom is 0.342 e. The second-order valence-corrected chi connectivity index (χ2v) is 6.07. The van der Waals surface area contributed by atoms with Crippen LogP contribution in [0.3, 0.4) is 0 Å². The van der Waals surface area contributed by atoms with Gasteiger partial charge in [-0.15, -0.1) is 0 Å². The van der Waals surface area contributed by atoms with Gasteiger partial charge in [0, 0.05) is 16.0 Å². The molecule has 5 nitrogen and oxygen atoms in total. The molecule has 0 aliphatic rings. The molecule has 26 heavy (non-hydrogen) atoms. The molecule has 0 N–H and O–H groups in total. The lowest BCUT2D eigenvalue weighted by Gasteiger charge is -2.06. The van der Waals surface area contributed by atoms with Gasteiger partial charge < -0.3 is 13.9 Å².